The van der Waals surface area contributed by atoms with E-state index in [1.54, 1.807) is 7.11 Å². The van der Waals surface area contributed by atoms with Gasteiger partial charge in [-0.2, -0.15) is 5.10 Å². The molecule has 0 aliphatic carbocycles. The van der Waals surface area contributed by atoms with Crippen molar-refractivity contribution in [3.63, 3.8) is 0 Å². The van der Waals surface area contributed by atoms with E-state index in [1.165, 1.54) is 49.8 Å². The Morgan fingerprint density at radius 1 is 1.10 bits per heavy atom. The number of unbranched alkanes of at least 4 members (excludes halogenated alkanes) is 5. The van der Waals surface area contributed by atoms with Gasteiger partial charge in [-0.25, -0.2) is 0 Å². The van der Waals surface area contributed by atoms with E-state index in [9.17, 15) is 0 Å². The lowest BCUT2D eigenvalue weighted by molar-refractivity contribution is 0.199. The molecular formula is C17H33N3O. The SMILES string of the molecule is CCCCCCCCn1nc(C)c(CNCCOC)c1C. The molecule has 0 bridgehead atoms. The van der Waals surface area contributed by atoms with Gasteiger partial charge >= 0.3 is 0 Å². The first-order chi connectivity index (χ1) is 10.2. The van der Waals surface area contributed by atoms with E-state index in [-0.39, 0.29) is 0 Å². The molecule has 0 radical (unpaired) electrons. The summed E-state index contributed by atoms with van der Waals surface area (Å²) in [4.78, 5) is 0. The minimum Gasteiger partial charge on any atom is -0.383 e. The summed E-state index contributed by atoms with van der Waals surface area (Å²) in [5, 5.41) is 8.10. The third kappa shape index (κ3) is 6.62. The van der Waals surface area contributed by atoms with E-state index in [2.05, 4.69) is 35.9 Å². The average molecular weight is 295 g/mol. The fourth-order valence-electron chi connectivity index (χ4n) is 2.64. The highest BCUT2D eigenvalue weighted by Gasteiger charge is 2.10. The predicted octanol–water partition coefficient (Wildman–Crippen LogP) is 3.60. The van der Waals surface area contributed by atoms with Gasteiger partial charge in [0, 0.05) is 38.0 Å². The highest BCUT2D eigenvalue weighted by molar-refractivity contribution is 5.24. The van der Waals surface area contributed by atoms with Crippen molar-refractivity contribution in [2.45, 2.75) is 72.4 Å². The molecule has 4 nitrogen and oxygen atoms in total. The van der Waals surface area contributed by atoms with Crippen LogP contribution in [-0.2, 0) is 17.8 Å². The second-order valence-corrected chi connectivity index (χ2v) is 5.81. The molecular weight excluding hydrogens is 262 g/mol. The Hall–Kier alpha value is -0.870. The number of methoxy groups -OCH3 is 1. The number of nitrogens with one attached hydrogen (secondary N) is 1. The third-order valence-electron chi connectivity index (χ3n) is 4.04. The lowest BCUT2D eigenvalue weighted by Crippen LogP contribution is -2.19. The van der Waals surface area contributed by atoms with Crippen molar-refractivity contribution in [1.82, 2.24) is 15.1 Å². The zero-order chi connectivity index (χ0) is 15.5. The van der Waals surface area contributed by atoms with E-state index in [4.69, 9.17) is 4.74 Å². The van der Waals surface area contributed by atoms with E-state index < -0.39 is 0 Å². The van der Waals surface area contributed by atoms with Crippen molar-refractivity contribution >= 4 is 0 Å². The smallest absolute Gasteiger partial charge is 0.0641 e. The summed E-state index contributed by atoms with van der Waals surface area (Å²) in [5.41, 5.74) is 3.81. The number of aryl methyl sites for hydroxylation is 2. The van der Waals surface area contributed by atoms with Gasteiger partial charge in [0.2, 0.25) is 0 Å². The minimum absolute atomic E-state index is 0.754. The summed E-state index contributed by atoms with van der Waals surface area (Å²) in [6.45, 7) is 10.1. The van der Waals surface area contributed by atoms with Crippen LogP contribution < -0.4 is 5.32 Å². The monoisotopic (exact) mass is 295 g/mol. The van der Waals surface area contributed by atoms with E-state index >= 15 is 0 Å². The average Bonchev–Trinajstić information content (AvgIpc) is 2.74. The van der Waals surface area contributed by atoms with Crippen molar-refractivity contribution in [2.24, 2.45) is 0 Å². The molecule has 0 fully saturated rings. The van der Waals surface area contributed by atoms with Crippen LogP contribution in [0.5, 0.6) is 0 Å². The van der Waals surface area contributed by atoms with Crippen LogP contribution in [0.25, 0.3) is 0 Å². The second kappa shape index (κ2) is 10.8. The topological polar surface area (TPSA) is 39.1 Å². The molecule has 0 amide bonds. The summed E-state index contributed by atoms with van der Waals surface area (Å²) in [6, 6.07) is 0. The van der Waals surface area contributed by atoms with Crippen molar-refractivity contribution < 1.29 is 4.74 Å². The normalized spacial score (nSPS) is 11.2. The molecule has 0 saturated heterocycles. The zero-order valence-electron chi connectivity index (χ0n) is 14.4. The van der Waals surface area contributed by atoms with Crippen LogP contribution in [0.3, 0.4) is 0 Å². The van der Waals surface area contributed by atoms with Crippen molar-refractivity contribution in [3.8, 4) is 0 Å². The van der Waals surface area contributed by atoms with Gasteiger partial charge in [0.25, 0.3) is 0 Å². The Balaban J connectivity index is 2.34. The van der Waals surface area contributed by atoms with Gasteiger partial charge in [-0.1, -0.05) is 39.0 Å². The van der Waals surface area contributed by atoms with Gasteiger partial charge in [-0.3, -0.25) is 4.68 Å². The second-order valence-electron chi connectivity index (χ2n) is 5.81. The molecule has 122 valence electrons. The van der Waals surface area contributed by atoms with Crippen LogP contribution in [0.2, 0.25) is 0 Å². The first-order valence-corrected chi connectivity index (χ1v) is 8.43. The highest BCUT2D eigenvalue weighted by Crippen LogP contribution is 2.14. The summed E-state index contributed by atoms with van der Waals surface area (Å²) in [6.07, 6.45) is 7.98. The van der Waals surface area contributed by atoms with Gasteiger partial charge in [-0.05, 0) is 20.3 Å². The lowest BCUT2D eigenvalue weighted by atomic mass is 10.1. The third-order valence-corrected chi connectivity index (χ3v) is 4.04. The molecule has 0 saturated carbocycles. The summed E-state index contributed by atoms with van der Waals surface area (Å²) < 4.78 is 7.24. The van der Waals surface area contributed by atoms with Crippen LogP contribution >= 0.6 is 0 Å². The maximum Gasteiger partial charge on any atom is 0.0641 e. The maximum atomic E-state index is 5.06. The largest absolute Gasteiger partial charge is 0.383 e. The van der Waals surface area contributed by atoms with Crippen LogP contribution in [0.1, 0.15) is 62.4 Å². The number of aromatic nitrogens is 2. The maximum absolute atomic E-state index is 5.06. The van der Waals surface area contributed by atoms with Gasteiger partial charge in [-0.15, -0.1) is 0 Å². The number of hydrogen-bond donors (Lipinski definition) is 1. The highest BCUT2D eigenvalue weighted by atomic mass is 16.5. The number of ether oxygens (including phenoxy) is 1. The van der Waals surface area contributed by atoms with E-state index in [0.717, 1.165) is 31.9 Å². The molecule has 0 aromatic carbocycles. The predicted molar refractivity (Wildman–Crippen MR) is 88.7 cm³/mol. The van der Waals surface area contributed by atoms with E-state index in [0.29, 0.717) is 0 Å². The minimum atomic E-state index is 0.754. The van der Waals surface area contributed by atoms with Gasteiger partial charge in [0.15, 0.2) is 0 Å². The molecule has 1 rings (SSSR count). The molecule has 1 heterocycles. The summed E-state index contributed by atoms with van der Waals surface area (Å²) in [7, 11) is 1.73. The fourth-order valence-corrected chi connectivity index (χ4v) is 2.64. The first kappa shape index (κ1) is 18.2. The molecule has 0 aliphatic rings. The van der Waals surface area contributed by atoms with Crippen LogP contribution in [0.4, 0.5) is 0 Å². The summed E-state index contributed by atoms with van der Waals surface area (Å²) >= 11 is 0. The molecule has 0 spiro atoms. The Bertz CT molecular complexity index is 388. The van der Waals surface area contributed by atoms with E-state index in [1.807, 2.05) is 0 Å². The first-order valence-electron chi connectivity index (χ1n) is 8.43. The molecule has 0 unspecified atom stereocenters. The lowest BCUT2D eigenvalue weighted by Gasteiger charge is -2.07. The van der Waals surface area contributed by atoms with Crippen molar-refractivity contribution in [3.05, 3.63) is 17.0 Å². The molecule has 1 N–H and O–H groups in total. The van der Waals surface area contributed by atoms with Crippen LogP contribution in [0, 0.1) is 13.8 Å². The fraction of sp³-hybridized carbons (Fsp3) is 0.824. The standard InChI is InChI=1S/C17H33N3O/c1-5-6-7-8-9-10-12-20-16(3)17(15(2)19-20)14-18-11-13-21-4/h18H,5-14H2,1-4H3. The Labute approximate surface area is 130 Å². The van der Waals surface area contributed by atoms with Gasteiger partial charge < -0.3 is 10.1 Å². The molecule has 4 heteroatoms. The number of nitrogens with zero attached hydrogens (tertiary/aromatic N) is 2. The molecule has 0 atom stereocenters. The molecule has 0 aliphatic heterocycles. The quantitative estimate of drug-likeness (QED) is 0.599. The van der Waals surface area contributed by atoms with Crippen LogP contribution in [-0.4, -0.2) is 30.0 Å². The molecule has 21 heavy (non-hydrogen) atoms. The number of hydrogen-bond acceptors (Lipinski definition) is 3. The van der Waals surface area contributed by atoms with Crippen molar-refractivity contribution in [1.29, 1.82) is 0 Å². The number of rotatable bonds is 12. The van der Waals surface area contributed by atoms with Gasteiger partial charge in [0.1, 0.15) is 0 Å². The zero-order valence-corrected chi connectivity index (χ0v) is 14.4. The molecule has 1 aromatic rings. The Kier molecular flexibility index (Phi) is 9.35. The Morgan fingerprint density at radius 2 is 1.81 bits per heavy atom. The Morgan fingerprint density at radius 3 is 2.52 bits per heavy atom. The molecule has 1 aromatic heterocycles. The van der Waals surface area contributed by atoms with Crippen LogP contribution in [0.15, 0.2) is 0 Å². The van der Waals surface area contributed by atoms with Gasteiger partial charge in [0.05, 0.1) is 12.3 Å². The summed E-state index contributed by atoms with van der Waals surface area (Å²) in [5.74, 6) is 0. The van der Waals surface area contributed by atoms with Crippen molar-refractivity contribution in [2.75, 3.05) is 20.3 Å².